The third-order valence-electron chi connectivity index (χ3n) is 4.04. The molecule has 0 saturated heterocycles. The Balaban J connectivity index is 1.96. The average molecular weight is 404 g/mol. The molecule has 0 saturated carbocycles. The maximum absolute atomic E-state index is 12.5. The summed E-state index contributed by atoms with van der Waals surface area (Å²) in [6.07, 6.45) is 3.02. The van der Waals surface area contributed by atoms with Gasteiger partial charge in [0.2, 0.25) is 15.9 Å². The van der Waals surface area contributed by atoms with E-state index in [-0.39, 0.29) is 22.9 Å². The van der Waals surface area contributed by atoms with Gasteiger partial charge in [-0.1, -0.05) is 56.2 Å². The summed E-state index contributed by atoms with van der Waals surface area (Å²) in [5.41, 5.74) is 5.61. The van der Waals surface area contributed by atoms with E-state index in [1.165, 1.54) is 24.3 Å². The molecule has 0 heterocycles. The molecule has 7 nitrogen and oxygen atoms in total. The van der Waals surface area contributed by atoms with E-state index < -0.39 is 15.9 Å². The fourth-order valence-electron chi connectivity index (χ4n) is 2.46. The van der Waals surface area contributed by atoms with Crippen molar-refractivity contribution in [3.8, 4) is 0 Å². The van der Waals surface area contributed by atoms with Gasteiger partial charge < -0.3 is 0 Å². The molecule has 2 amide bonds. The number of carbonyl (C=O) groups excluding carboxylic acids is 2. The van der Waals surface area contributed by atoms with Gasteiger partial charge in [-0.05, 0) is 30.2 Å². The Labute approximate surface area is 165 Å². The number of benzene rings is 2. The molecule has 28 heavy (non-hydrogen) atoms. The van der Waals surface area contributed by atoms with Crippen LogP contribution in [0.4, 0.5) is 0 Å². The molecule has 3 N–H and O–H groups in total. The van der Waals surface area contributed by atoms with E-state index in [1.54, 1.807) is 0 Å². The zero-order valence-corrected chi connectivity index (χ0v) is 16.6. The van der Waals surface area contributed by atoms with Crippen molar-refractivity contribution in [2.24, 2.45) is 0 Å². The molecule has 2 rings (SSSR count). The topological polar surface area (TPSA) is 104 Å². The maximum Gasteiger partial charge on any atom is 0.269 e. The first kappa shape index (κ1) is 21.6. The van der Waals surface area contributed by atoms with Crippen LogP contribution < -0.4 is 15.6 Å². The van der Waals surface area contributed by atoms with Crippen molar-refractivity contribution in [1.82, 2.24) is 15.6 Å². The van der Waals surface area contributed by atoms with Crippen molar-refractivity contribution in [3.05, 3.63) is 65.7 Å². The standard InChI is InChI=1S/C20H25N3O4S/c1-2-3-5-13-19(24)22-23-20(25)17-11-8-12-18(14-17)28(26,27)21-15-16-9-6-4-7-10-16/h4,6-12,14,21H,2-3,5,13,15H2,1H3,(H,22,24)(H,23,25). The number of hydrogen-bond acceptors (Lipinski definition) is 4. The van der Waals surface area contributed by atoms with Crippen LogP contribution in [-0.2, 0) is 21.4 Å². The minimum atomic E-state index is -3.78. The molecular formula is C20H25N3O4S. The van der Waals surface area contributed by atoms with Crippen LogP contribution in [0.3, 0.4) is 0 Å². The molecule has 0 aliphatic carbocycles. The van der Waals surface area contributed by atoms with E-state index in [2.05, 4.69) is 15.6 Å². The predicted octanol–water partition coefficient (Wildman–Crippen LogP) is 2.51. The second kappa shape index (κ2) is 10.6. The van der Waals surface area contributed by atoms with Gasteiger partial charge in [-0.2, -0.15) is 0 Å². The molecule has 2 aromatic rings. The van der Waals surface area contributed by atoms with Crippen molar-refractivity contribution in [3.63, 3.8) is 0 Å². The molecule has 8 heteroatoms. The summed E-state index contributed by atoms with van der Waals surface area (Å²) in [6.45, 7) is 2.18. The van der Waals surface area contributed by atoms with E-state index in [4.69, 9.17) is 0 Å². The molecule has 0 aliphatic heterocycles. The normalized spacial score (nSPS) is 11.0. The van der Waals surface area contributed by atoms with E-state index in [1.807, 2.05) is 37.3 Å². The van der Waals surface area contributed by atoms with E-state index in [9.17, 15) is 18.0 Å². The Kier molecular flexibility index (Phi) is 8.16. The minimum absolute atomic E-state index is 0.0228. The fraction of sp³-hybridized carbons (Fsp3) is 0.300. The summed E-state index contributed by atoms with van der Waals surface area (Å²) in [6, 6.07) is 14.8. The van der Waals surface area contributed by atoms with Gasteiger partial charge in [0.15, 0.2) is 0 Å². The Hall–Kier alpha value is -2.71. The first-order valence-corrected chi connectivity index (χ1v) is 10.6. The summed E-state index contributed by atoms with van der Waals surface area (Å²) in [5.74, 6) is -0.862. The number of rotatable bonds is 9. The zero-order chi connectivity index (χ0) is 20.4. The first-order chi connectivity index (χ1) is 13.4. The van der Waals surface area contributed by atoms with Crippen molar-refractivity contribution in [2.45, 2.75) is 44.0 Å². The van der Waals surface area contributed by atoms with Gasteiger partial charge in [0.1, 0.15) is 0 Å². The molecule has 150 valence electrons. The monoisotopic (exact) mass is 403 g/mol. The summed E-state index contributed by atoms with van der Waals surface area (Å²) in [7, 11) is -3.78. The van der Waals surface area contributed by atoms with Gasteiger partial charge in [-0.3, -0.25) is 20.4 Å². The van der Waals surface area contributed by atoms with E-state index in [0.29, 0.717) is 6.42 Å². The molecule has 0 bridgehead atoms. The first-order valence-electron chi connectivity index (χ1n) is 9.15. The number of carbonyl (C=O) groups is 2. The lowest BCUT2D eigenvalue weighted by atomic mass is 10.2. The predicted molar refractivity (Wildman–Crippen MR) is 107 cm³/mol. The Bertz CT molecular complexity index is 899. The highest BCUT2D eigenvalue weighted by atomic mass is 32.2. The van der Waals surface area contributed by atoms with Crippen LogP contribution in [0.15, 0.2) is 59.5 Å². The van der Waals surface area contributed by atoms with Crippen LogP contribution in [0, 0.1) is 0 Å². The largest absolute Gasteiger partial charge is 0.273 e. The molecule has 0 aromatic heterocycles. The number of hydrogen-bond donors (Lipinski definition) is 3. The SMILES string of the molecule is CCCCCC(=O)NNC(=O)c1cccc(S(=O)(=O)NCc2ccccc2)c1. The quantitative estimate of drug-likeness (QED) is 0.442. The zero-order valence-electron chi connectivity index (χ0n) is 15.8. The van der Waals surface area contributed by atoms with Gasteiger partial charge in [-0.25, -0.2) is 13.1 Å². The average Bonchev–Trinajstić information content (AvgIpc) is 2.71. The highest BCUT2D eigenvalue weighted by Crippen LogP contribution is 2.12. The number of amides is 2. The molecule has 0 unspecified atom stereocenters. The Morgan fingerprint density at radius 2 is 1.68 bits per heavy atom. The van der Waals surface area contributed by atoms with E-state index >= 15 is 0 Å². The molecule has 0 fully saturated rings. The van der Waals surface area contributed by atoms with E-state index in [0.717, 1.165) is 24.8 Å². The number of hydrazine groups is 1. The van der Waals surface area contributed by atoms with Gasteiger partial charge >= 0.3 is 0 Å². The van der Waals surface area contributed by atoms with Gasteiger partial charge in [-0.15, -0.1) is 0 Å². The summed E-state index contributed by atoms with van der Waals surface area (Å²) in [4.78, 5) is 23.8. The second-order valence-electron chi connectivity index (χ2n) is 6.30. The van der Waals surface area contributed by atoms with Gasteiger partial charge in [0, 0.05) is 18.5 Å². The Morgan fingerprint density at radius 3 is 2.39 bits per heavy atom. The number of unbranched alkanes of at least 4 members (excludes halogenated alkanes) is 2. The number of nitrogens with one attached hydrogen (secondary N) is 3. The smallest absolute Gasteiger partial charge is 0.269 e. The highest BCUT2D eigenvalue weighted by Gasteiger charge is 2.16. The molecule has 0 spiro atoms. The lowest BCUT2D eigenvalue weighted by Gasteiger charge is -2.10. The van der Waals surface area contributed by atoms with Crippen LogP contribution in [0.2, 0.25) is 0 Å². The summed E-state index contributed by atoms with van der Waals surface area (Å²) < 4.78 is 27.5. The third kappa shape index (κ3) is 6.79. The van der Waals surface area contributed by atoms with Crippen LogP contribution >= 0.6 is 0 Å². The lowest BCUT2D eigenvalue weighted by molar-refractivity contribution is -0.121. The van der Waals surface area contributed by atoms with Crippen LogP contribution in [-0.4, -0.2) is 20.2 Å². The van der Waals surface area contributed by atoms with Gasteiger partial charge in [0.25, 0.3) is 5.91 Å². The molecule has 0 aliphatic rings. The van der Waals surface area contributed by atoms with Crippen LogP contribution in [0.5, 0.6) is 0 Å². The van der Waals surface area contributed by atoms with Crippen LogP contribution in [0.1, 0.15) is 48.5 Å². The molecule has 2 aromatic carbocycles. The Morgan fingerprint density at radius 1 is 0.929 bits per heavy atom. The maximum atomic E-state index is 12.5. The molecular weight excluding hydrogens is 378 g/mol. The third-order valence-corrected chi connectivity index (χ3v) is 5.44. The van der Waals surface area contributed by atoms with Crippen molar-refractivity contribution in [2.75, 3.05) is 0 Å². The summed E-state index contributed by atoms with van der Waals surface area (Å²) in [5, 5.41) is 0. The molecule has 0 atom stereocenters. The van der Waals surface area contributed by atoms with Crippen LogP contribution in [0.25, 0.3) is 0 Å². The van der Waals surface area contributed by atoms with Gasteiger partial charge in [0.05, 0.1) is 4.90 Å². The van der Waals surface area contributed by atoms with Crippen molar-refractivity contribution >= 4 is 21.8 Å². The number of sulfonamides is 1. The van der Waals surface area contributed by atoms with Crippen molar-refractivity contribution < 1.29 is 18.0 Å². The summed E-state index contributed by atoms with van der Waals surface area (Å²) >= 11 is 0. The minimum Gasteiger partial charge on any atom is -0.273 e. The lowest BCUT2D eigenvalue weighted by Crippen LogP contribution is -2.41. The second-order valence-corrected chi connectivity index (χ2v) is 8.06. The fourth-order valence-corrected chi connectivity index (χ4v) is 3.52. The molecule has 0 radical (unpaired) electrons. The highest BCUT2D eigenvalue weighted by molar-refractivity contribution is 7.89. The van der Waals surface area contributed by atoms with Crippen molar-refractivity contribution in [1.29, 1.82) is 0 Å².